The quantitative estimate of drug-likeness (QED) is 0.792. The van der Waals surface area contributed by atoms with Crippen LogP contribution < -0.4 is 15.4 Å². The first-order valence-corrected chi connectivity index (χ1v) is 7.90. The molecule has 0 saturated heterocycles. The zero-order chi connectivity index (χ0) is 13.9. The molecule has 2 aliphatic rings. The third-order valence-electron chi connectivity index (χ3n) is 4.02. The molecule has 2 fully saturated rings. The predicted molar refractivity (Wildman–Crippen MR) is 82.1 cm³/mol. The van der Waals surface area contributed by atoms with Gasteiger partial charge in [-0.25, -0.2) is 0 Å². The van der Waals surface area contributed by atoms with Crippen molar-refractivity contribution in [3.63, 3.8) is 0 Å². The van der Waals surface area contributed by atoms with E-state index in [1.165, 1.54) is 25.7 Å². The molecule has 1 aromatic rings. The number of nitrogen functional groups attached to an aromatic ring is 1. The Bertz CT molecular complexity index is 455. The second kappa shape index (κ2) is 5.90. The Morgan fingerprint density at radius 2 is 2.00 bits per heavy atom. The van der Waals surface area contributed by atoms with Crippen LogP contribution in [0.4, 0.5) is 11.5 Å². The highest BCUT2D eigenvalue weighted by Crippen LogP contribution is 2.33. The summed E-state index contributed by atoms with van der Waals surface area (Å²) in [6, 6.07) is 3.96. The van der Waals surface area contributed by atoms with E-state index in [-0.39, 0.29) is 0 Å². The van der Waals surface area contributed by atoms with Gasteiger partial charge in [0.05, 0.1) is 12.3 Å². The molecule has 0 radical (unpaired) electrons. The van der Waals surface area contributed by atoms with Crippen molar-refractivity contribution >= 4 is 11.5 Å². The van der Waals surface area contributed by atoms with E-state index in [9.17, 15) is 0 Å². The third-order valence-corrected chi connectivity index (χ3v) is 4.02. The molecule has 0 atom stereocenters. The minimum Gasteiger partial charge on any atom is -0.476 e. The van der Waals surface area contributed by atoms with E-state index in [0.29, 0.717) is 11.6 Å². The van der Waals surface area contributed by atoms with E-state index < -0.39 is 0 Å². The lowest BCUT2D eigenvalue weighted by Crippen LogP contribution is -2.27. The number of ether oxygens (including phenoxy) is 1. The molecule has 2 saturated carbocycles. The molecule has 0 amide bonds. The minimum absolute atomic E-state index is 0.617. The summed E-state index contributed by atoms with van der Waals surface area (Å²) in [5, 5.41) is 0. The van der Waals surface area contributed by atoms with Crippen LogP contribution in [0.3, 0.4) is 0 Å². The van der Waals surface area contributed by atoms with Gasteiger partial charge in [-0.1, -0.05) is 6.92 Å². The first-order valence-electron chi connectivity index (χ1n) is 7.90. The summed E-state index contributed by atoms with van der Waals surface area (Å²) in [6.45, 7) is 5.14. The summed E-state index contributed by atoms with van der Waals surface area (Å²) in [4.78, 5) is 7.03. The number of rotatable bonds is 8. The van der Waals surface area contributed by atoms with Crippen molar-refractivity contribution in [2.24, 2.45) is 11.8 Å². The number of nitrogens with two attached hydrogens (primary N) is 1. The standard InChI is InChI=1S/C16H25N3O/c1-2-9-19(10-12-3-4-12)15-8-7-14(17)16(18-15)20-11-13-5-6-13/h7-8,12-13H,2-6,9-11,17H2,1H3. The lowest BCUT2D eigenvalue weighted by molar-refractivity contribution is 0.290. The van der Waals surface area contributed by atoms with Gasteiger partial charge >= 0.3 is 0 Å². The van der Waals surface area contributed by atoms with Gasteiger partial charge < -0.3 is 15.4 Å². The molecule has 0 aromatic carbocycles. The summed E-state index contributed by atoms with van der Waals surface area (Å²) in [6.07, 6.45) is 6.42. The van der Waals surface area contributed by atoms with Gasteiger partial charge in [-0.3, -0.25) is 0 Å². The molecule has 0 unspecified atom stereocenters. The number of anilines is 2. The van der Waals surface area contributed by atoms with E-state index >= 15 is 0 Å². The van der Waals surface area contributed by atoms with E-state index in [2.05, 4.69) is 16.8 Å². The normalized spacial score (nSPS) is 18.1. The summed E-state index contributed by atoms with van der Waals surface area (Å²) >= 11 is 0. The molecule has 3 rings (SSSR count). The average Bonchev–Trinajstić information content (AvgIpc) is 3.32. The predicted octanol–water partition coefficient (Wildman–Crippen LogP) is 3.08. The molecule has 0 aliphatic heterocycles. The molecule has 1 heterocycles. The monoisotopic (exact) mass is 275 g/mol. The molecule has 0 bridgehead atoms. The van der Waals surface area contributed by atoms with Crippen LogP contribution in [0.15, 0.2) is 12.1 Å². The Kier molecular flexibility index (Phi) is 3.99. The van der Waals surface area contributed by atoms with Crippen LogP contribution in [0.25, 0.3) is 0 Å². The number of nitrogens with zero attached hydrogens (tertiary/aromatic N) is 2. The summed E-state index contributed by atoms with van der Waals surface area (Å²) < 4.78 is 5.79. The first kappa shape index (κ1) is 13.5. The first-order chi connectivity index (χ1) is 9.76. The number of hydrogen-bond acceptors (Lipinski definition) is 4. The molecule has 4 heteroatoms. The zero-order valence-corrected chi connectivity index (χ0v) is 12.3. The summed E-state index contributed by atoms with van der Waals surface area (Å²) in [5.74, 6) is 3.21. The van der Waals surface area contributed by atoms with Crippen molar-refractivity contribution in [1.82, 2.24) is 4.98 Å². The van der Waals surface area contributed by atoms with E-state index in [1.807, 2.05) is 12.1 Å². The van der Waals surface area contributed by atoms with Gasteiger partial charge in [-0.15, -0.1) is 0 Å². The molecule has 20 heavy (non-hydrogen) atoms. The molecule has 110 valence electrons. The van der Waals surface area contributed by atoms with Gasteiger partial charge in [-0.2, -0.15) is 4.98 Å². The van der Waals surface area contributed by atoms with E-state index in [0.717, 1.165) is 43.8 Å². The largest absolute Gasteiger partial charge is 0.476 e. The maximum absolute atomic E-state index is 5.98. The van der Waals surface area contributed by atoms with Gasteiger partial charge in [0.15, 0.2) is 0 Å². The smallest absolute Gasteiger partial charge is 0.239 e. The molecule has 2 N–H and O–H groups in total. The highest BCUT2D eigenvalue weighted by molar-refractivity contribution is 5.54. The summed E-state index contributed by atoms with van der Waals surface area (Å²) in [7, 11) is 0. The van der Waals surface area contributed by atoms with Gasteiger partial charge in [0.1, 0.15) is 5.82 Å². The van der Waals surface area contributed by atoms with E-state index in [1.54, 1.807) is 0 Å². The molecule has 1 aromatic heterocycles. The Hall–Kier alpha value is -1.45. The van der Waals surface area contributed by atoms with E-state index in [4.69, 9.17) is 10.5 Å². The van der Waals surface area contributed by atoms with Crippen LogP contribution >= 0.6 is 0 Å². The second-order valence-corrected chi connectivity index (χ2v) is 6.21. The van der Waals surface area contributed by atoms with Crippen LogP contribution in [0, 0.1) is 11.8 Å². The Morgan fingerprint density at radius 1 is 1.25 bits per heavy atom. The lowest BCUT2D eigenvalue weighted by atomic mass is 10.3. The number of aromatic nitrogens is 1. The molecule has 4 nitrogen and oxygen atoms in total. The van der Waals surface area contributed by atoms with Crippen LogP contribution in [-0.2, 0) is 0 Å². The molecule has 0 spiro atoms. The second-order valence-electron chi connectivity index (χ2n) is 6.21. The van der Waals surface area contributed by atoms with Gasteiger partial charge in [0.2, 0.25) is 5.88 Å². The molecular formula is C16H25N3O. The maximum Gasteiger partial charge on any atom is 0.239 e. The van der Waals surface area contributed by atoms with Crippen molar-refractivity contribution in [2.45, 2.75) is 39.0 Å². The van der Waals surface area contributed by atoms with Crippen molar-refractivity contribution in [2.75, 3.05) is 30.3 Å². The van der Waals surface area contributed by atoms with Gasteiger partial charge in [0.25, 0.3) is 0 Å². The van der Waals surface area contributed by atoms with Crippen LogP contribution in [-0.4, -0.2) is 24.7 Å². The van der Waals surface area contributed by atoms with Gasteiger partial charge in [-0.05, 0) is 56.1 Å². The molecule has 2 aliphatic carbocycles. The van der Waals surface area contributed by atoms with Crippen LogP contribution in [0.1, 0.15) is 39.0 Å². The van der Waals surface area contributed by atoms with Gasteiger partial charge in [0, 0.05) is 13.1 Å². The average molecular weight is 275 g/mol. The Morgan fingerprint density at radius 3 is 2.65 bits per heavy atom. The number of hydrogen-bond donors (Lipinski definition) is 1. The van der Waals surface area contributed by atoms with Crippen molar-refractivity contribution in [1.29, 1.82) is 0 Å². The topological polar surface area (TPSA) is 51.4 Å². The molecular weight excluding hydrogens is 250 g/mol. The summed E-state index contributed by atoms with van der Waals surface area (Å²) in [5.41, 5.74) is 6.63. The minimum atomic E-state index is 0.617. The maximum atomic E-state index is 5.98. The third kappa shape index (κ3) is 3.56. The Balaban J connectivity index is 1.70. The van der Waals surface area contributed by atoms with Crippen LogP contribution in [0.5, 0.6) is 5.88 Å². The highest BCUT2D eigenvalue weighted by Gasteiger charge is 2.25. The SMILES string of the molecule is CCCN(CC1CC1)c1ccc(N)c(OCC2CC2)n1. The highest BCUT2D eigenvalue weighted by atomic mass is 16.5. The Labute approximate surface area is 121 Å². The van der Waals surface area contributed by atoms with Crippen LogP contribution in [0.2, 0.25) is 0 Å². The number of pyridine rings is 1. The lowest BCUT2D eigenvalue weighted by Gasteiger charge is -2.24. The zero-order valence-electron chi connectivity index (χ0n) is 12.3. The fraction of sp³-hybridized carbons (Fsp3) is 0.688. The fourth-order valence-electron chi connectivity index (χ4n) is 2.40. The fourth-order valence-corrected chi connectivity index (χ4v) is 2.40. The van der Waals surface area contributed by atoms with Crippen molar-refractivity contribution in [3.05, 3.63) is 12.1 Å². The van der Waals surface area contributed by atoms with Crippen molar-refractivity contribution in [3.8, 4) is 5.88 Å². The van der Waals surface area contributed by atoms with Crippen molar-refractivity contribution < 1.29 is 4.74 Å².